The Hall–Kier alpha value is -1.89. The molecule has 1 N–H and O–H groups in total. The Morgan fingerprint density at radius 3 is 2.16 bits per heavy atom. The summed E-state index contributed by atoms with van der Waals surface area (Å²) in [6.07, 6.45) is 0. The van der Waals surface area contributed by atoms with E-state index in [4.69, 9.17) is 9.84 Å². The minimum Gasteiger partial charge on any atom is -0.478 e. The molecule has 0 aromatic heterocycles. The number of carboxylic acid groups (broad SMARTS) is 1. The van der Waals surface area contributed by atoms with Gasteiger partial charge in [0.15, 0.2) is 0 Å². The number of para-hydroxylation sites is 1. The molecule has 0 unspecified atom stereocenters. The van der Waals surface area contributed by atoms with Crippen LogP contribution in [0.1, 0.15) is 20.7 Å². The van der Waals surface area contributed by atoms with E-state index in [0.29, 0.717) is 5.56 Å². The fraction of sp³-hybridized carbons (Fsp3) is 0. The Labute approximate surface area is 123 Å². The molecule has 0 aliphatic carbocycles. The molecule has 96 valence electrons. The van der Waals surface area contributed by atoms with Crippen molar-refractivity contribution in [2.24, 2.45) is 0 Å². The molecule has 0 saturated carbocycles. The van der Waals surface area contributed by atoms with E-state index >= 15 is 0 Å². The van der Waals surface area contributed by atoms with Crippen LogP contribution in [-0.2, 0) is 0 Å². The third-order valence-corrected chi connectivity index (χ3v) is 3.35. The Kier molecular flexibility index (Phi) is 4.16. The summed E-state index contributed by atoms with van der Waals surface area (Å²) in [6, 6.07) is 13.0. The van der Waals surface area contributed by atoms with Crippen LogP contribution in [0, 0.1) is 3.57 Å². The average Bonchev–Trinajstić information content (AvgIpc) is 2.39. The molecule has 0 amide bonds. The second kappa shape index (κ2) is 5.83. The van der Waals surface area contributed by atoms with Gasteiger partial charge in [0.25, 0.3) is 0 Å². The fourth-order valence-electron chi connectivity index (χ4n) is 1.51. The molecular formula is C14H9IO4. The van der Waals surface area contributed by atoms with Crippen molar-refractivity contribution in [1.82, 2.24) is 0 Å². The van der Waals surface area contributed by atoms with Gasteiger partial charge in [-0.2, -0.15) is 0 Å². The minimum atomic E-state index is -1.13. The number of benzene rings is 2. The van der Waals surface area contributed by atoms with Crippen molar-refractivity contribution in [3.8, 4) is 5.75 Å². The third-order valence-electron chi connectivity index (χ3n) is 2.41. The van der Waals surface area contributed by atoms with Crippen molar-refractivity contribution in [3.63, 3.8) is 0 Å². The molecule has 4 nitrogen and oxygen atoms in total. The predicted octanol–water partition coefficient (Wildman–Crippen LogP) is 3.21. The van der Waals surface area contributed by atoms with Crippen LogP contribution in [0.25, 0.3) is 0 Å². The van der Waals surface area contributed by atoms with Gasteiger partial charge < -0.3 is 9.84 Å². The molecule has 5 heteroatoms. The number of carbonyl (C=O) groups is 2. The van der Waals surface area contributed by atoms with E-state index in [9.17, 15) is 9.59 Å². The lowest BCUT2D eigenvalue weighted by molar-refractivity contribution is 0.0681. The number of carbonyl (C=O) groups excluding carboxylic acids is 1. The zero-order chi connectivity index (χ0) is 13.8. The first-order valence-electron chi connectivity index (χ1n) is 5.38. The molecule has 19 heavy (non-hydrogen) atoms. The highest BCUT2D eigenvalue weighted by Crippen LogP contribution is 2.20. The third kappa shape index (κ3) is 3.11. The van der Waals surface area contributed by atoms with Gasteiger partial charge in [0.2, 0.25) is 0 Å². The molecular weight excluding hydrogens is 359 g/mol. The van der Waals surface area contributed by atoms with Gasteiger partial charge in [0, 0.05) is 3.57 Å². The van der Waals surface area contributed by atoms with Gasteiger partial charge in [-0.05, 0) is 46.9 Å². The first kappa shape index (κ1) is 13.5. The number of hydrogen-bond donors (Lipinski definition) is 1. The molecule has 0 radical (unpaired) electrons. The molecule has 0 saturated heterocycles. The molecule has 2 aromatic rings. The van der Waals surface area contributed by atoms with E-state index in [1.54, 1.807) is 30.3 Å². The number of aromatic carboxylic acids is 1. The first-order valence-corrected chi connectivity index (χ1v) is 6.46. The molecule has 2 aromatic carbocycles. The Morgan fingerprint density at radius 1 is 0.947 bits per heavy atom. The van der Waals surface area contributed by atoms with Crippen molar-refractivity contribution in [2.75, 3.05) is 0 Å². The molecule has 0 atom stereocenters. The lowest BCUT2D eigenvalue weighted by atomic mass is 10.2. The topological polar surface area (TPSA) is 63.6 Å². The van der Waals surface area contributed by atoms with Crippen LogP contribution < -0.4 is 4.74 Å². The van der Waals surface area contributed by atoms with Crippen LogP contribution in [0.4, 0.5) is 0 Å². The van der Waals surface area contributed by atoms with Crippen molar-refractivity contribution in [3.05, 3.63) is 63.2 Å². The number of rotatable bonds is 3. The maximum Gasteiger partial charge on any atom is 0.344 e. The molecule has 0 aliphatic heterocycles. The van der Waals surface area contributed by atoms with Crippen LogP contribution in [-0.4, -0.2) is 17.0 Å². The van der Waals surface area contributed by atoms with Crippen LogP contribution in [0.2, 0.25) is 0 Å². The second-order valence-corrected chi connectivity index (χ2v) is 4.83. The lowest BCUT2D eigenvalue weighted by Crippen LogP contribution is -2.12. The SMILES string of the molecule is O=C(Oc1ccccc1C(=O)O)c1ccccc1I. The molecule has 0 aliphatic rings. The highest BCUT2D eigenvalue weighted by molar-refractivity contribution is 14.1. The van der Waals surface area contributed by atoms with Crippen molar-refractivity contribution in [1.29, 1.82) is 0 Å². The minimum absolute atomic E-state index is 0.0400. The largest absolute Gasteiger partial charge is 0.478 e. The van der Waals surface area contributed by atoms with E-state index in [1.165, 1.54) is 12.1 Å². The molecule has 2 rings (SSSR count). The first-order chi connectivity index (χ1) is 9.09. The fourth-order valence-corrected chi connectivity index (χ4v) is 2.12. The van der Waals surface area contributed by atoms with Gasteiger partial charge >= 0.3 is 11.9 Å². The summed E-state index contributed by atoms with van der Waals surface area (Å²) < 4.78 is 5.90. The maximum absolute atomic E-state index is 12.0. The van der Waals surface area contributed by atoms with Crippen LogP contribution >= 0.6 is 22.6 Å². The molecule has 0 heterocycles. The number of esters is 1. The molecule has 0 spiro atoms. The van der Waals surface area contributed by atoms with Gasteiger partial charge in [-0.15, -0.1) is 0 Å². The summed E-state index contributed by atoms with van der Waals surface area (Å²) in [6.45, 7) is 0. The van der Waals surface area contributed by atoms with E-state index in [-0.39, 0.29) is 11.3 Å². The Bertz CT molecular complexity index is 637. The van der Waals surface area contributed by atoms with Gasteiger partial charge in [0.1, 0.15) is 11.3 Å². The van der Waals surface area contributed by atoms with Gasteiger partial charge in [-0.1, -0.05) is 24.3 Å². The van der Waals surface area contributed by atoms with Crippen molar-refractivity contribution < 1.29 is 19.4 Å². The summed E-state index contributed by atoms with van der Waals surface area (Å²) in [4.78, 5) is 23.0. The van der Waals surface area contributed by atoms with Crippen LogP contribution in [0.5, 0.6) is 5.75 Å². The number of hydrogen-bond acceptors (Lipinski definition) is 3. The zero-order valence-corrected chi connectivity index (χ0v) is 11.8. The van der Waals surface area contributed by atoms with Crippen LogP contribution in [0.15, 0.2) is 48.5 Å². The summed E-state index contributed by atoms with van der Waals surface area (Å²) in [5, 5.41) is 9.01. The van der Waals surface area contributed by atoms with E-state index in [1.807, 2.05) is 28.7 Å². The number of halogens is 1. The Balaban J connectivity index is 2.30. The summed E-state index contributed by atoms with van der Waals surface area (Å²) in [7, 11) is 0. The standard InChI is InChI=1S/C14H9IO4/c15-11-7-3-1-5-9(11)14(18)19-12-8-4-2-6-10(12)13(16)17/h1-8H,(H,16,17). The summed E-state index contributed by atoms with van der Waals surface area (Å²) >= 11 is 2.02. The summed E-state index contributed by atoms with van der Waals surface area (Å²) in [5.41, 5.74) is 0.366. The highest BCUT2D eigenvalue weighted by Gasteiger charge is 2.16. The zero-order valence-electron chi connectivity index (χ0n) is 9.67. The van der Waals surface area contributed by atoms with Crippen molar-refractivity contribution in [2.45, 2.75) is 0 Å². The quantitative estimate of drug-likeness (QED) is 0.514. The van der Waals surface area contributed by atoms with Crippen LogP contribution in [0.3, 0.4) is 0 Å². The smallest absolute Gasteiger partial charge is 0.344 e. The number of carboxylic acids is 1. The normalized spacial score (nSPS) is 9.95. The Morgan fingerprint density at radius 2 is 1.53 bits per heavy atom. The lowest BCUT2D eigenvalue weighted by Gasteiger charge is -2.08. The van der Waals surface area contributed by atoms with Gasteiger partial charge in [0.05, 0.1) is 5.56 Å². The monoisotopic (exact) mass is 368 g/mol. The summed E-state index contributed by atoms with van der Waals surface area (Å²) in [5.74, 6) is -1.66. The predicted molar refractivity (Wildman–Crippen MR) is 77.5 cm³/mol. The van der Waals surface area contributed by atoms with E-state index in [2.05, 4.69) is 0 Å². The van der Waals surface area contributed by atoms with Gasteiger partial charge in [-0.25, -0.2) is 9.59 Å². The van der Waals surface area contributed by atoms with Crippen molar-refractivity contribution >= 4 is 34.5 Å². The highest BCUT2D eigenvalue weighted by atomic mass is 127. The molecule has 0 bridgehead atoms. The number of ether oxygens (including phenoxy) is 1. The van der Waals surface area contributed by atoms with E-state index in [0.717, 1.165) is 3.57 Å². The molecule has 0 fully saturated rings. The second-order valence-electron chi connectivity index (χ2n) is 3.67. The van der Waals surface area contributed by atoms with E-state index < -0.39 is 11.9 Å². The van der Waals surface area contributed by atoms with Gasteiger partial charge in [-0.3, -0.25) is 0 Å². The maximum atomic E-state index is 12.0. The average molecular weight is 368 g/mol.